The lowest BCUT2D eigenvalue weighted by Gasteiger charge is -2.23. The number of hydrogen-bond donors (Lipinski definition) is 0. The molecule has 0 aromatic rings. The summed E-state index contributed by atoms with van der Waals surface area (Å²) in [5, 5.41) is 0. The van der Waals surface area contributed by atoms with Crippen molar-refractivity contribution in [2.75, 3.05) is 0 Å². The van der Waals surface area contributed by atoms with Crippen molar-refractivity contribution in [2.24, 2.45) is 0 Å². The average molecular weight is 394 g/mol. The summed E-state index contributed by atoms with van der Waals surface area (Å²) in [6.45, 7) is 1.88. The van der Waals surface area contributed by atoms with E-state index in [9.17, 15) is 0 Å². The van der Waals surface area contributed by atoms with Crippen molar-refractivity contribution in [1.29, 1.82) is 0 Å². The predicted octanol–water partition coefficient (Wildman–Crippen LogP) is 4.17. The molecular weight excluding hydrogens is 391 g/mol. The maximum Gasteiger partial charge on any atom is 0.178 e. The number of halogens is 5. The van der Waals surface area contributed by atoms with E-state index in [-0.39, 0.29) is 3.23 Å². The molecule has 0 unspecified atom stereocenters. The van der Waals surface area contributed by atoms with Crippen LogP contribution >= 0.6 is 75.3 Å². The van der Waals surface area contributed by atoms with Crippen LogP contribution in [0.4, 0.5) is 0 Å². The van der Waals surface area contributed by atoms with E-state index in [1.165, 1.54) is 0 Å². The van der Waals surface area contributed by atoms with Gasteiger partial charge in [-0.1, -0.05) is 75.3 Å². The zero-order chi connectivity index (χ0) is 7.00. The van der Waals surface area contributed by atoms with Gasteiger partial charge in [-0.2, -0.15) is 0 Å². The molecule has 0 aliphatic heterocycles. The minimum absolute atomic E-state index is 0.339. The maximum atomic E-state index is 5.75. The van der Waals surface area contributed by atoms with Crippen LogP contribution in [0.1, 0.15) is 6.92 Å². The fraction of sp³-hybridized carbons (Fsp3) is 1.00. The van der Waals surface area contributed by atoms with Gasteiger partial charge in [0.2, 0.25) is 0 Å². The number of rotatable bonds is 1. The Kier molecular flexibility index (Phi) is 3.92. The third-order valence-electron chi connectivity index (χ3n) is 0.498. The quantitative estimate of drug-likeness (QED) is 0.586. The van der Waals surface area contributed by atoms with E-state index < -0.39 is 2.69 Å². The molecule has 0 aromatic carbocycles. The average Bonchev–Trinajstić information content (AvgIpc) is 1.25. The van der Waals surface area contributed by atoms with E-state index in [0.29, 0.717) is 0 Å². The summed E-state index contributed by atoms with van der Waals surface area (Å²) in [5.74, 6) is 0. The Bertz CT molecular complexity index is 66.3. The van der Waals surface area contributed by atoms with Crippen LogP contribution in [-0.4, -0.2) is 5.93 Å². The molecule has 0 fully saturated rings. The van der Waals surface area contributed by atoms with E-state index >= 15 is 0 Å². The predicted molar refractivity (Wildman–Crippen MR) is 52.7 cm³/mol. The first kappa shape index (κ1) is 10.2. The van der Waals surface area contributed by atoms with Crippen LogP contribution in [0.3, 0.4) is 0 Å². The third kappa shape index (κ3) is 3.40. The van der Waals surface area contributed by atoms with Crippen molar-refractivity contribution < 1.29 is 0 Å². The van der Waals surface area contributed by atoms with Crippen LogP contribution in [0, 0.1) is 0 Å². The maximum absolute atomic E-state index is 5.75. The Labute approximate surface area is 87.2 Å². The zero-order valence-corrected chi connectivity index (χ0v) is 11.0. The van der Waals surface area contributed by atoms with Gasteiger partial charge in [0.15, 0.2) is 2.69 Å². The Morgan fingerprint density at radius 2 is 1.25 bits per heavy atom. The van der Waals surface area contributed by atoms with E-state index in [1.807, 2.05) is 6.92 Å². The second-order valence-corrected chi connectivity index (χ2v) is 10.5. The monoisotopic (exact) mass is 390 g/mol. The Morgan fingerprint density at radius 3 is 1.25 bits per heavy atom. The van der Waals surface area contributed by atoms with Gasteiger partial charge in [-0.25, -0.2) is 0 Å². The molecule has 0 spiro atoms. The summed E-state index contributed by atoms with van der Waals surface area (Å²) in [6, 6.07) is 0. The smallest absolute Gasteiger partial charge is 0.0914 e. The second-order valence-electron chi connectivity index (χ2n) is 1.39. The topological polar surface area (TPSA) is 0 Å². The minimum Gasteiger partial charge on any atom is -0.0914 e. The Morgan fingerprint density at radius 1 is 1.12 bits per heavy atom. The van der Waals surface area contributed by atoms with Crippen molar-refractivity contribution in [2.45, 2.75) is 12.8 Å². The highest BCUT2D eigenvalue weighted by atomic mass is 79.9. The van der Waals surface area contributed by atoms with Crippen LogP contribution in [0.15, 0.2) is 0 Å². The molecule has 8 heavy (non-hydrogen) atoms. The van der Waals surface area contributed by atoms with Gasteiger partial charge in [-0.05, 0) is 6.92 Å². The van der Waals surface area contributed by atoms with Crippen molar-refractivity contribution in [3.05, 3.63) is 0 Å². The van der Waals surface area contributed by atoms with Gasteiger partial charge in [0.25, 0.3) is 0 Å². The van der Waals surface area contributed by atoms with Gasteiger partial charge in [0, 0.05) is 0 Å². The van der Waals surface area contributed by atoms with Crippen LogP contribution in [0.2, 0.25) is 0 Å². The fourth-order valence-corrected chi connectivity index (χ4v) is 0. The lowest BCUT2D eigenvalue weighted by molar-refractivity contribution is 1.01. The van der Waals surface area contributed by atoms with Crippen LogP contribution in [0.5, 0.6) is 0 Å². The molecule has 0 radical (unpaired) electrons. The van der Waals surface area contributed by atoms with Gasteiger partial charge >= 0.3 is 0 Å². The Hall–Kier alpha value is 2.21. The molecule has 0 rings (SSSR count). The van der Waals surface area contributed by atoms with Gasteiger partial charge in [-0.3, -0.25) is 0 Å². The van der Waals surface area contributed by atoms with E-state index in [2.05, 4.69) is 63.7 Å². The molecule has 50 valence electrons. The van der Waals surface area contributed by atoms with Crippen LogP contribution in [0.25, 0.3) is 0 Å². The molecule has 0 aromatic heterocycles. The van der Waals surface area contributed by atoms with E-state index in [1.54, 1.807) is 0 Å². The molecule has 0 saturated heterocycles. The Balaban J connectivity index is 4.02. The highest BCUT2D eigenvalue weighted by molar-refractivity contribution is 9.30. The van der Waals surface area contributed by atoms with Crippen molar-refractivity contribution in [3.8, 4) is 0 Å². The molecule has 0 aliphatic carbocycles. The van der Waals surface area contributed by atoms with E-state index in [4.69, 9.17) is 11.6 Å². The fourth-order valence-electron chi connectivity index (χ4n) is 0. The van der Waals surface area contributed by atoms with Gasteiger partial charge in [-0.15, -0.1) is 0 Å². The highest BCUT2D eigenvalue weighted by Gasteiger charge is 2.38. The summed E-state index contributed by atoms with van der Waals surface area (Å²) in [6.07, 6.45) is 0. The summed E-state index contributed by atoms with van der Waals surface area (Å²) in [4.78, 5) is 0. The molecule has 0 aliphatic rings. The van der Waals surface area contributed by atoms with Gasteiger partial charge in [0.05, 0.1) is 0 Å². The molecule has 0 nitrogen and oxygen atoms in total. The van der Waals surface area contributed by atoms with Crippen LogP contribution < -0.4 is 0 Å². The number of hydrogen-bond acceptors (Lipinski definition) is 0. The molecule has 5 heteroatoms. The van der Waals surface area contributed by atoms with Gasteiger partial charge < -0.3 is 0 Å². The van der Waals surface area contributed by atoms with E-state index in [0.717, 1.165) is 0 Å². The molecule has 0 bridgehead atoms. The van der Waals surface area contributed by atoms with Crippen molar-refractivity contribution in [3.63, 3.8) is 0 Å². The number of alkyl halides is 5. The lowest BCUT2D eigenvalue weighted by Crippen LogP contribution is -2.23. The molecular formula is C3H3Br4Cl. The lowest BCUT2D eigenvalue weighted by atomic mass is 10.6. The summed E-state index contributed by atoms with van der Waals surface area (Å²) in [5.41, 5.74) is 0. The normalized spacial score (nSPS) is 14.2. The first-order valence-electron chi connectivity index (χ1n) is 1.69. The largest absolute Gasteiger partial charge is 0.178 e. The van der Waals surface area contributed by atoms with Crippen molar-refractivity contribution in [1.82, 2.24) is 0 Å². The standard InChI is InChI=1S/C3H3Br4Cl/c1-2(4,5)3(6,7)8/h1H3. The first-order valence-corrected chi connectivity index (χ1v) is 5.24. The highest BCUT2D eigenvalue weighted by Crippen LogP contribution is 2.50. The SMILES string of the molecule is CC(Br)(Br)C(Cl)(Br)Br. The van der Waals surface area contributed by atoms with Gasteiger partial charge in [0.1, 0.15) is 3.23 Å². The molecule has 0 atom stereocenters. The molecule has 0 N–H and O–H groups in total. The van der Waals surface area contributed by atoms with Crippen LogP contribution in [-0.2, 0) is 0 Å². The molecule has 0 saturated carbocycles. The summed E-state index contributed by atoms with van der Waals surface area (Å²) in [7, 11) is 0. The minimum atomic E-state index is -0.632. The molecule has 0 amide bonds. The third-order valence-corrected chi connectivity index (χ3v) is 6.24. The molecule has 0 heterocycles. The van der Waals surface area contributed by atoms with Crippen molar-refractivity contribution >= 4 is 75.3 Å². The first-order chi connectivity index (χ1) is 3.25. The second kappa shape index (κ2) is 3.07. The summed E-state index contributed by atoms with van der Waals surface area (Å²) < 4.78 is -0.971. The summed E-state index contributed by atoms with van der Waals surface area (Å²) >= 11 is 18.7. The zero-order valence-electron chi connectivity index (χ0n) is 3.89.